The van der Waals surface area contributed by atoms with Crippen molar-refractivity contribution in [2.24, 2.45) is 4.99 Å². The van der Waals surface area contributed by atoms with E-state index < -0.39 is 0 Å². The van der Waals surface area contributed by atoms with Crippen molar-refractivity contribution in [3.05, 3.63) is 81.4 Å². The molecule has 1 heterocycles. The molecule has 0 aliphatic rings. The van der Waals surface area contributed by atoms with Crippen molar-refractivity contribution < 1.29 is 4.74 Å². The molecule has 3 aromatic rings. The SMILES string of the molecule is CN=C(Nc1ccc(Cl)cc1)Nc1ncccc1OCc1c(Cl)cccc1Cl. The lowest BCUT2D eigenvalue weighted by molar-refractivity contribution is 0.307. The van der Waals surface area contributed by atoms with Crippen molar-refractivity contribution >= 4 is 52.3 Å². The van der Waals surface area contributed by atoms with Gasteiger partial charge >= 0.3 is 0 Å². The number of rotatable bonds is 5. The number of hydrogen-bond donors (Lipinski definition) is 2. The maximum Gasteiger partial charge on any atom is 0.201 e. The quantitative estimate of drug-likeness (QED) is 0.374. The van der Waals surface area contributed by atoms with Gasteiger partial charge in [0.15, 0.2) is 11.6 Å². The zero-order valence-electron chi connectivity index (χ0n) is 14.9. The summed E-state index contributed by atoms with van der Waals surface area (Å²) in [5, 5.41) is 8.05. The molecule has 0 radical (unpaired) electrons. The lowest BCUT2D eigenvalue weighted by Gasteiger charge is -2.15. The first-order valence-electron chi connectivity index (χ1n) is 8.34. The van der Waals surface area contributed by atoms with Crippen LogP contribution in [0.15, 0.2) is 65.8 Å². The molecule has 0 spiro atoms. The van der Waals surface area contributed by atoms with Gasteiger partial charge < -0.3 is 15.4 Å². The summed E-state index contributed by atoms with van der Waals surface area (Å²) >= 11 is 18.3. The molecule has 8 heteroatoms. The molecule has 3 rings (SSSR count). The van der Waals surface area contributed by atoms with Gasteiger partial charge in [0.25, 0.3) is 0 Å². The third-order valence-electron chi connectivity index (χ3n) is 3.77. The zero-order valence-corrected chi connectivity index (χ0v) is 17.2. The van der Waals surface area contributed by atoms with E-state index in [0.717, 1.165) is 5.69 Å². The van der Waals surface area contributed by atoms with Crippen LogP contribution in [0.5, 0.6) is 5.75 Å². The minimum Gasteiger partial charge on any atom is -0.485 e. The molecule has 0 amide bonds. The van der Waals surface area contributed by atoms with Gasteiger partial charge in [-0.15, -0.1) is 0 Å². The first-order valence-corrected chi connectivity index (χ1v) is 9.47. The van der Waals surface area contributed by atoms with E-state index in [-0.39, 0.29) is 6.61 Å². The van der Waals surface area contributed by atoms with Crippen molar-refractivity contribution in [2.75, 3.05) is 17.7 Å². The molecule has 0 atom stereocenters. The summed E-state index contributed by atoms with van der Waals surface area (Å²) in [6, 6.07) is 16.2. The number of benzene rings is 2. The van der Waals surface area contributed by atoms with Crippen LogP contribution < -0.4 is 15.4 Å². The van der Waals surface area contributed by atoms with Gasteiger partial charge in [-0.2, -0.15) is 0 Å². The Morgan fingerprint density at radius 2 is 1.68 bits per heavy atom. The Morgan fingerprint density at radius 1 is 0.964 bits per heavy atom. The third-order valence-corrected chi connectivity index (χ3v) is 4.73. The number of halogens is 3. The van der Waals surface area contributed by atoms with E-state index in [0.29, 0.717) is 38.2 Å². The summed E-state index contributed by atoms with van der Waals surface area (Å²) in [5.74, 6) is 1.55. The molecule has 0 saturated heterocycles. The van der Waals surface area contributed by atoms with Crippen LogP contribution in [0, 0.1) is 0 Å². The Bertz CT molecular complexity index is 957. The van der Waals surface area contributed by atoms with Gasteiger partial charge in [0.2, 0.25) is 5.96 Å². The smallest absolute Gasteiger partial charge is 0.201 e. The van der Waals surface area contributed by atoms with Gasteiger partial charge in [0.1, 0.15) is 6.61 Å². The first kappa shape index (κ1) is 20.3. The summed E-state index contributed by atoms with van der Waals surface area (Å²) in [6.45, 7) is 0.210. The van der Waals surface area contributed by atoms with Crippen molar-refractivity contribution in [2.45, 2.75) is 6.61 Å². The number of nitrogens with one attached hydrogen (secondary N) is 2. The Hall–Kier alpha value is -2.47. The number of ether oxygens (including phenoxy) is 1. The van der Waals surface area contributed by atoms with E-state index in [4.69, 9.17) is 39.5 Å². The van der Waals surface area contributed by atoms with Crippen molar-refractivity contribution in [3.63, 3.8) is 0 Å². The molecule has 2 aromatic carbocycles. The van der Waals surface area contributed by atoms with E-state index in [1.54, 1.807) is 55.7 Å². The van der Waals surface area contributed by atoms with Crippen LogP contribution in [0.1, 0.15) is 5.56 Å². The molecule has 28 heavy (non-hydrogen) atoms. The van der Waals surface area contributed by atoms with E-state index in [2.05, 4.69) is 20.6 Å². The molecule has 0 bridgehead atoms. The van der Waals surface area contributed by atoms with Crippen molar-refractivity contribution in [3.8, 4) is 5.75 Å². The lowest BCUT2D eigenvalue weighted by atomic mass is 10.2. The monoisotopic (exact) mass is 434 g/mol. The Morgan fingerprint density at radius 3 is 2.36 bits per heavy atom. The van der Waals surface area contributed by atoms with E-state index >= 15 is 0 Å². The molecular formula is C20H17Cl3N4O. The second kappa shape index (κ2) is 9.64. The maximum atomic E-state index is 6.21. The number of aliphatic imine (C=N–C) groups is 1. The normalized spacial score (nSPS) is 11.2. The van der Waals surface area contributed by atoms with Crippen LogP contribution >= 0.6 is 34.8 Å². The van der Waals surface area contributed by atoms with Crippen molar-refractivity contribution in [1.29, 1.82) is 0 Å². The average Bonchev–Trinajstić information content (AvgIpc) is 2.70. The number of guanidine groups is 1. The first-order chi connectivity index (χ1) is 13.6. The predicted octanol–water partition coefficient (Wildman–Crippen LogP) is 6.13. The Balaban J connectivity index is 1.73. The highest BCUT2D eigenvalue weighted by Crippen LogP contribution is 2.28. The third kappa shape index (κ3) is 5.29. The van der Waals surface area contributed by atoms with Gasteiger partial charge in [0, 0.05) is 39.6 Å². The van der Waals surface area contributed by atoms with Gasteiger partial charge in [-0.25, -0.2) is 4.98 Å². The van der Waals surface area contributed by atoms with Crippen LogP contribution in [-0.2, 0) is 6.61 Å². The molecule has 0 aliphatic heterocycles. The van der Waals surface area contributed by atoms with Gasteiger partial charge in [-0.05, 0) is 48.5 Å². The van der Waals surface area contributed by atoms with Crippen LogP contribution in [-0.4, -0.2) is 18.0 Å². The highest BCUT2D eigenvalue weighted by atomic mass is 35.5. The molecule has 5 nitrogen and oxygen atoms in total. The Kier molecular flexibility index (Phi) is 6.98. The largest absolute Gasteiger partial charge is 0.485 e. The number of nitrogens with zero attached hydrogens (tertiary/aromatic N) is 2. The standard InChI is InChI=1S/C20H17Cl3N4O/c1-24-20(26-14-9-7-13(21)8-10-14)27-19-18(6-3-11-25-19)28-12-15-16(22)4-2-5-17(15)23/h2-11H,12H2,1H3,(H2,24,25,26,27). The molecule has 0 saturated carbocycles. The highest BCUT2D eigenvalue weighted by Gasteiger charge is 2.11. The fourth-order valence-corrected chi connectivity index (χ4v) is 2.98. The van der Waals surface area contributed by atoms with Gasteiger partial charge in [0.05, 0.1) is 0 Å². The van der Waals surface area contributed by atoms with Crippen LogP contribution in [0.3, 0.4) is 0 Å². The second-order valence-corrected chi connectivity index (χ2v) is 6.92. The predicted molar refractivity (Wildman–Crippen MR) is 117 cm³/mol. The topological polar surface area (TPSA) is 58.5 Å². The molecule has 0 fully saturated rings. The fourth-order valence-electron chi connectivity index (χ4n) is 2.35. The molecule has 0 aliphatic carbocycles. The Labute approximate surface area is 178 Å². The van der Waals surface area contributed by atoms with E-state index in [9.17, 15) is 0 Å². The lowest BCUT2D eigenvalue weighted by Crippen LogP contribution is -2.23. The minimum atomic E-state index is 0.210. The van der Waals surface area contributed by atoms with E-state index in [1.807, 2.05) is 12.1 Å². The number of pyridine rings is 1. The summed E-state index contributed by atoms with van der Waals surface area (Å²) in [4.78, 5) is 8.55. The van der Waals surface area contributed by atoms with Gasteiger partial charge in [-0.3, -0.25) is 4.99 Å². The number of aromatic nitrogens is 1. The summed E-state index contributed by atoms with van der Waals surface area (Å²) in [5.41, 5.74) is 1.54. The summed E-state index contributed by atoms with van der Waals surface area (Å²) in [7, 11) is 1.66. The zero-order chi connectivity index (χ0) is 19.9. The molecule has 1 aromatic heterocycles. The van der Waals surface area contributed by atoms with Crippen molar-refractivity contribution in [1.82, 2.24) is 4.98 Å². The van der Waals surface area contributed by atoms with Crippen LogP contribution in [0.25, 0.3) is 0 Å². The number of anilines is 2. The average molecular weight is 436 g/mol. The summed E-state index contributed by atoms with van der Waals surface area (Å²) < 4.78 is 5.90. The molecule has 144 valence electrons. The maximum absolute atomic E-state index is 6.21. The molecule has 2 N–H and O–H groups in total. The van der Waals surface area contributed by atoms with Gasteiger partial charge in [-0.1, -0.05) is 40.9 Å². The second-order valence-electron chi connectivity index (χ2n) is 5.67. The van der Waals surface area contributed by atoms with E-state index in [1.165, 1.54) is 0 Å². The number of hydrogen-bond acceptors (Lipinski definition) is 3. The van der Waals surface area contributed by atoms with Crippen LogP contribution in [0.4, 0.5) is 11.5 Å². The minimum absolute atomic E-state index is 0.210. The summed E-state index contributed by atoms with van der Waals surface area (Å²) in [6.07, 6.45) is 1.66. The van der Waals surface area contributed by atoms with Crippen LogP contribution in [0.2, 0.25) is 15.1 Å². The highest BCUT2D eigenvalue weighted by molar-refractivity contribution is 6.36. The molecule has 0 unspecified atom stereocenters. The molecular weight excluding hydrogens is 419 g/mol. The fraction of sp³-hybridized carbons (Fsp3) is 0.100.